The maximum atomic E-state index is 13.6. The number of sulfonamides is 1. The number of hydrogen-bond acceptors (Lipinski definition) is 5. The molecule has 0 aliphatic carbocycles. The standard InChI is InChI=1S/C26H26ClF2N3O4S/c1-36-25-9-7-21(37(34,35)30-11-10-18-2-4-19(28)5-3-18)17-24(25)31-12-14-32(15-13-31)26(33)22-16-20(29)6-8-23(22)27/h2-9,16-17,30H,10-15H2,1H3. The predicted octanol–water partition coefficient (Wildman–Crippen LogP) is 4.11. The molecule has 0 saturated carbocycles. The predicted molar refractivity (Wildman–Crippen MR) is 138 cm³/mol. The zero-order valence-electron chi connectivity index (χ0n) is 20.1. The largest absolute Gasteiger partial charge is 0.495 e. The molecule has 1 heterocycles. The third-order valence-corrected chi connectivity index (χ3v) is 7.93. The average Bonchev–Trinajstić information content (AvgIpc) is 2.90. The molecule has 11 heteroatoms. The molecule has 1 aliphatic heterocycles. The Balaban J connectivity index is 1.44. The highest BCUT2D eigenvalue weighted by Crippen LogP contribution is 2.32. The number of rotatable bonds is 8. The van der Waals surface area contributed by atoms with Gasteiger partial charge in [-0.3, -0.25) is 4.79 Å². The molecule has 0 aromatic heterocycles. The van der Waals surface area contributed by atoms with Crippen molar-refractivity contribution in [3.05, 3.63) is 88.4 Å². The van der Waals surface area contributed by atoms with E-state index >= 15 is 0 Å². The van der Waals surface area contributed by atoms with E-state index in [-0.39, 0.29) is 33.8 Å². The van der Waals surface area contributed by atoms with Crippen LogP contribution in [0.25, 0.3) is 0 Å². The van der Waals surface area contributed by atoms with Gasteiger partial charge >= 0.3 is 0 Å². The normalized spacial score (nSPS) is 14.1. The van der Waals surface area contributed by atoms with Crippen molar-refractivity contribution in [3.63, 3.8) is 0 Å². The van der Waals surface area contributed by atoms with Crippen LogP contribution in [-0.4, -0.2) is 59.1 Å². The fourth-order valence-corrected chi connectivity index (χ4v) is 5.38. The lowest BCUT2D eigenvalue weighted by Crippen LogP contribution is -2.49. The van der Waals surface area contributed by atoms with Crippen molar-refractivity contribution >= 4 is 33.2 Å². The molecular weight excluding hydrogens is 524 g/mol. The fraction of sp³-hybridized carbons (Fsp3) is 0.269. The molecule has 0 unspecified atom stereocenters. The number of amides is 1. The molecule has 3 aromatic carbocycles. The molecule has 1 N–H and O–H groups in total. The summed E-state index contributed by atoms with van der Waals surface area (Å²) in [6, 6.07) is 14.2. The molecule has 37 heavy (non-hydrogen) atoms. The smallest absolute Gasteiger partial charge is 0.255 e. The Bertz CT molecular complexity index is 1380. The van der Waals surface area contributed by atoms with Gasteiger partial charge in [-0.15, -0.1) is 0 Å². The summed E-state index contributed by atoms with van der Waals surface area (Å²) in [6.07, 6.45) is 0.411. The minimum absolute atomic E-state index is 0.0763. The number of methoxy groups -OCH3 is 1. The van der Waals surface area contributed by atoms with Gasteiger partial charge in [0.15, 0.2) is 0 Å². The number of anilines is 1. The van der Waals surface area contributed by atoms with E-state index in [1.54, 1.807) is 29.2 Å². The van der Waals surface area contributed by atoms with Gasteiger partial charge in [0.1, 0.15) is 17.4 Å². The maximum absolute atomic E-state index is 13.6. The number of nitrogens with one attached hydrogen (secondary N) is 1. The van der Waals surface area contributed by atoms with Crippen LogP contribution in [0.1, 0.15) is 15.9 Å². The van der Waals surface area contributed by atoms with Crippen molar-refractivity contribution in [1.29, 1.82) is 0 Å². The molecule has 3 aromatic rings. The van der Waals surface area contributed by atoms with E-state index < -0.39 is 15.8 Å². The molecule has 4 rings (SSSR count). The zero-order valence-corrected chi connectivity index (χ0v) is 21.7. The molecule has 0 spiro atoms. The van der Waals surface area contributed by atoms with E-state index in [2.05, 4.69) is 4.72 Å². The van der Waals surface area contributed by atoms with Crippen LogP contribution in [0.4, 0.5) is 14.5 Å². The molecule has 1 saturated heterocycles. The van der Waals surface area contributed by atoms with Gasteiger partial charge in [0, 0.05) is 32.7 Å². The molecule has 196 valence electrons. The van der Waals surface area contributed by atoms with E-state index in [1.165, 1.54) is 37.4 Å². The van der Waals surface area contributed by atoms with Crippen molar-refractivity contribution in [3.8, 4) is 5.75 Å². The lowest BCUT2D eigenvalue weighted by molar-refractivity contribution is 0.0746. The summed E-state index contributed by atoms with van der Waals surface area (Å²) >= 11 is 6.09. The lowest BCUT2D eigenvalue weighted by atomic mass is 10.1. The van der Waals surface area contributed by atoms with Crippen LogP contribution < -0.4 is 14.4 Å². The quantitative estimate of drug-likeness (QED) is 0.457. The second kappa shape index (κ2) is 11.5. The van der Waals surface area contributed by atoms with E-state index in [4.69, 9.17) is 16.3 Å². The average molecular weight is 550 g/mol. The van der Waals surface area contributed by atoms with Crippen LogP contribution >= 0.6 is 11.6 Å². The van der Waals surface area contributed by atoms with E-state index in [0.717, 1.165) is 11.6 Å². The minimum atomic E-state index is -3.81. The third-order valence-electron chi connectivity index (χ3n) is 6.15. The summed E-state index contributed by atoms with van der Waals surface area (Å²) in [5, 5.41) is 0.181. The van der Waals surface area contributed by atoms with Gasteiger partial charge in [-0.25, -0.2) is 21.9 Å². The summed E-state index contributed by atoms with van der Waals surface area (Å²) in [5.41, 5.74) is 1.50. The SMILES string of the molecule is COc1ccc(S(=O)(=O)NCCc2ccc(F)cc2)cc1N1CCN(C(=O)c2cc(F)ccc2Cl)CC1. The van der Waals surface area contributed by atoms with Crippen molar-refractivity contribution in [2.45, 2.75) is 11.3 Å². The van der Waals surface area contributed by atoms with Gasteiger partial charge in [-0.05, 0) is 60.5 Å². The number of benzene rings is 3. The van der Waals surface area contributed by atoms with Gasteiger partial charge in [0.2, 0.25) is 10.0 Å². The highest BCUT2D eigenvalue weighted by atomic mass is 35.5. The first kappa shape index (κ1) is 26.8. The number of nitrogens with zero attached hydrogens (tertiary/aromatic N) is 2. The molecular formula is C26H26ClF2N3O4S. The van der Waals surface area contributed by atoms with E-state index in [1.807, 2.05) is 4.90 Å². The van der Waals surface area contributed by atoms with Crippen LogP contribution in [0.5, 0.6) is 5.75 Å². The Morgan fingerprint density at radius 2 is 1.65 bits per heavy atom. The first-order valence-corrected chi connectivity index (χ1v) is 13.5. The Labute approximate surface area is 219 Å². The monoisotopic (exact) mass is 549 g/mol. The molecule has 1 aliphatic rings. The highest BCUT2D eigenvalue weighted by molar-refractivity contribution is 7.89. The van der Waals surface area contributed by atoms with Crippen molar-refractivity contribution in [1.82, 2.24) is 9.62 Å². The van der Waals surface area contributed by atoms with Gasteiger partial charge in [-0.1, -0.05) is 23.7 Å². The first-order chi connectivity index (χ1) is 17.7. The minimum Gasteiger partial charge on any atom is -0.495 e. The third kappa shape index (κ3) is 6.38. The number of hydrogen-bond donors (Lipinski definition) is 1. The van der Waals surface area contributed by atoms with Gasteiger partial charge in [0.25, 0.3) is 5.91 Å². The van der Waals surface area contributed by atoms with Gasteiger partial charge in [0.05, 0.1) is 28.3 Å². The maximum Gasteiger partial charge on any atom is 0.255 e. The van der Waals surface area contributed by atoms with Crippen LogP contribution in [-0.2, 0) is 16.4 Å². The second-order valence-corrected chi connectivity index (χ2v) is 10.7. The number of piperazine rings is 1. The topological polar surface area (TPSA) is 79.0 Å². The fourth-order valence-electron chi connectivity index (χ4n) is 4.13. The molecule has 0 radical (unpaired) electrons. The Morgan fingerprint density at radius 1 is 0.973 bits per heavy atom. The molecule has 1 fully saturated rings. The Hall–Kier alpha value is -3.21. The molecule has 0 atom stereocenters. The highest BCUT2D eigenvalue weighted by Gasteiger charge is 2.26. The van der Waals surface area contributed by atoms with Gasteiger partial charge < -0.3 is 14.5 Å². The van der Waals surface area contributed by atoms with Crippen molar-refractivity contribution in [2.24, 2.45) is 0 Å². The van der Waals surface area contributed by atoms with Crippen LogP contribution in [0.15, 0.2) is 65.6 Å². The summed E-state index contributed by atoms with van der Waals surface area (Å²) in [6.45, 7) is 1.65. The van der Waals surface area contributed by atoms with E-state index in [0.29, 0.717) is 44.0 Å². The number of carbonyl (C=O) groups is 1. The summed E-state index contributed by atoms with van der Waals surface area (Å²) in [7, 11) is -2.32. The van der Waals surface area contributed by atoms with E-state index in [9.17, 15) is 22.0 Å². The number of carbonyl (C=O) groups excluding carboxylic acids is 1. The van der Waals surface area contributed by atoms with Crippen molar-refractivity contribution in [2.75, 3.05) is 44.7 Å². The summed E-state index contributed by atoms with van der Waals surface area (Å²) in [5.74, 6) is -0.755. The Morgan fingerprint density at radius 3 is 2.32 bits per heavy atom. The first-order valence-electron chi connectivity index (χ1n) is 11.6. The van der Waals surface area contributed by atoms with Gasteiger partial charge in [-0.2, -0.15) is 0 Å². The zero-order chi connectivity index (χ0) is 26.6. The van der Waals surface area contributed by atoms with Crippen LogP contribution in [0.3, 0.4) is 0 Å². The number of ether oxygens (including phenoxy) is 1. The van der Waals surface area contributed by atoms with Crippen LogP contribution in [0.2, 0.25) is 5.02 Å². The second-order valence-electron chi connectivity index (χ2n) is 8.51. The van der Waals surface area contributed by atoms with Crippen molar-refractivity contribution < 1.29 is 26.7 Å². The molecule has 0 bridgehead atoms. The van der Waals surface area contributed by atoms with Crippen LogP contribution in [0, 0.1) is 11.6 Å². The number of halogens is 3. The molecule has 1 amide bonds. The summed E-state index contributed by atoms with van der Waals surface area (Å²) in [4.78, 5) is 16.5. The lowest BCUT2D eigenvalue weighted by Gasteiger charge is -2.37. The Kier molecular flexibility index (Phi) is 8.31. The summed E-state index contributed by atoms with van der Waals surface area (Å²) < 4.78 is 60.6. The molecule has 7 nitrogen and oxygen atoms in total.